The fraction of sp³-hybridized carbons (Fsp3) is 0.571. The number of hydrogen-bond acceptors (Lipinski definition) is 2. The summed E-state index contributed by atoms with van der Waals surface area (Å²) < 4.78 is 55.1. The monoisotopic (exact) mass is 460 g/mol. The molecule has 0 spiro atoms. The summed E-state index contributed by atoms with van der Waals surface area (Å²) >= 11 is 0. The van der Waals surface area contributed by atoms with Crippen LogP contribution >= 0.6 is 0 Å². The van der Waals surface area contributed by atoms with Crippen LogP contribution in [0.2, 0.25) is 0 Å². The largest absolute Gasteiger partial charge is 0.494 e. The minimum absolute atomic E-state index is 0.000100. The third-order valence-electron chi connectivity index (χ3n) is 7.58. The van der Waals surface area contributed by atoms with Crippen LogP contribution in [0.15, 0.2) is 30.3 Å². The van der Waals surface area contributed by atoms with Crippen LogP contribution in [-0.4, -0.2) is 13.2 Å². The zero-order valence-corrected chi connectivity index (χ0v) is 19.7. The van der Waals surface area contributed by atoms with E-state index >= 15 is 0 Å². The van der Waals surface area contributed by atoms with Crippen LogP contribution < -0.4 is 9.47 Å². The molecule has 0 saturated heterocycles. The van der Waals surface area contributed by atoms with E-state index < -0.39 is 11.6 Å². The first-order valence-corrected chi connectivity index (χ1v) is 12.5. The molecule has 0 amide bonds. The Balaban J connectivity index is 1.30. The van der Waals surface area contributed by atoms with Crippen molar-refractivity contribution in [2.24, 2.45) is 11.8 Å². The molecule has 2 aromatic carbocycles. The Labute approximate surface area is 195 Å². The van der Waals surface area contributed by atoms with E-state index in [2.05, 4.69) is 6.92 Å². The summed E-state index contributed by atoms with van der Waals surface area (Å²) in [6.45, 7) is 4.96. The smallest absolute Gasteiger partial charge is 0.200 e. The number of halogens is 3. The molecule has 4 rings (SSSR count). The van der Waals surface area contributed by atoms with Gasteiger partial charge in [-0.15, -0.1) is 0 Å². The molecule has 0 heterocycles. The Morgan fingerprint density at radius 1 is 0.758 bits per heavy atom. The van der Waals surface area contributed by atoms with Crippen LogP contribution in [-0.2, 0) is 0 Å². The topological polar surface area (TPSA) is 18.5 Å². The molecule has 2 fully saturated rings. The van der Waals surface area contributed by atoms with Crippen molar-refractivity contribution < 1.29 is 22.6 Å². The number of benzene rings is 2. The van der Waals surface area contributed by atoms with E-state index in [9.17, 15) is 13.2 Å². The van der Waals surface area contributed by atoms with Gasteiger partial charge in [-0.2, -0.15) is 4.39 Å². The predicted molar refractivity (Wildman–Crippen MR) is 124 cm³/mol. The summed E-state index contributed by atoms with van der Waals surface area (Å²) in [5, 5.41) is 0. The van der Waals surface area contributed by atoms with Gasteiger partial charge in [0.05, 0.1) is 13.2 Å². The number of ether oxygens (including phenoxy) is 2. The van der Waals surface area contributed by atoms with Crippen LogP contribution in [0.25, 0.3) is 0 Å². The molecular formula is C28H35F3O2. The lowest BCUT2D eigenvalue weighted by atomic mass is 9.79. The molecule has 5 heteroatoms. The molecule has 0 bridgehead atoms. The fourth-order valence-corrected chi connectivity index (χ4v) is 5.49. The molecule has 0 aromatic heterocycles. The van der Waals surface area contributed by atoms with E-state index in [1.807, 2.05) is 19.1 Å². The molecule has 0 unspecified atom stereocenters. The minimum Gasteiger partial charge on any atom is -0.494 e. The van der Waals surface area contributed by atoms with Crippen molar-refractivity contribution in [1.82, 2.24) is 0 Å². The molecule has 180 valence electrons. The third kappa shape index (κ3) is 5.67. The van der Waals surface area contributed by atoms with E-state index in [4.69, 9.17) is 9.47 Å². The Kier molecular flexibility index (Phi) is 7.87. The first-order chi connectivity index (χ1) is 16.0. The first kappa shape index (κ1) is 24.0. The molecule has 0 aliphatic heterocycles. The van der Waals surface area contributed by atoms with Crippen molar-refractivity contribution in [1.29, 1.82) is 0 Å². The van der Waals surface area contributed by atoms with E-state index in [1.165, 1.54) is 6.07 Å². The van der Waals surface area contributed by atoms with Gasteiger partial charge in [0.15, 0.2) is 11.6 Å². The average Bonchev–Trinajstić information content (AvgIpc) is 2.82. The Hall–Kier alpha value is -2.17. The highest BCUT2D eigenvalue weighted by molar-refractivity contribution is 5.34. The van der Waals surface area contributed by atoms with E-state index in [0.717, 1.165) is 56.9 Å². The molecule has 2 saturated carbocycles. The van der Waals surface area contributed by atoms with Crippen molar-refractivity contribution in [3.8, 4) is 11.5 Å². The molecule has 33 heavy (non-hydrogen) atoms. The van der Waals surface area contributed by atoms with Gasteiger partial charge in [-0.05, 0) is 92.4 Å². The van der Waals surface area contributed by atoms with E-state index in [0.29, 0.717) is 30.4 Å². The van der Waals surface area contributed by atoms with Gasteiger partial charge >= 0.3 is 0 Å². The SMILES string of the molecule is CCOc1ccc(C2CCC(COc3ccc(C4CCC(C)CC4)c(F)c3F)CC2)c(F)c1. The minimum atomic E-state index is -0.865. The zero-order chi connectivity index (χ0) is 23.4. The maximum Gasteiger partial charge on any atom is 0.200 e. The maximum atomic E-state index is 14.8. The fourth-order valence-electron chi connectivity index (χ4n) is 5.49. The van der Waals surface area contributed by atoms with Gasteiger partial charge in [0, 0.05) is 6.07 Å². The summed E-state index contributed by atoms with van der Waals surface area (Å²) in [5.41, 5.74) is 1.23. The summed E-state index contributed by atoms with van der Waals surface area (Å²) in [6.07, 6.45) is 7.41. The van der Waals surface area contributed by atoms with Crippen LogP contribution in [0, 0.1) is 29.3 Å². The lowest BCUT2D eigenvalue weighted by molar-refractivity contribution is 0.191. The summed E-state index contributed by atoms with van der Waals surface area (Å²) in [4.78, 5) is 0. The van der Waals surface area contributed by atoms with Gasteiger partial charge in [-0.3, -0.25) is 0 Å². The average molecular weight is 461 g/mol. The summed E-state index contributed by atoms with van der Waals surface area (Å²) in [5.74, 6) is -0.0821. The molecule has 2 nitrogen and oxygen atoms in total. The highest BCUT2D eigenvalue weighted by Crippen LogP contribution is 2.40. The van der Waals surface area contributed by atoms with Crippen molar-refractivity contribution in [3.05, 3.63) is 58.9 Å². The second kappa shape index (κ2) is 10.8. The van der Waals surface area contributed by atoms with Gasteiger partial charge in [0.1, 0.15) is 11.6 Å². The quantitative estimate of drug-likeness (QED) is 0.415. The molecule has 0 radical (unpaired) electrons. The van der Waals surface area contributed by atoms with Gasteiger partial charge in [0.25, 0.3) is 0 Å². The molecule has 2 aromatic rings. The summed E-state index contributed by atoms with van der Waals surface area (Å²) in [7, 11) is 0. The second-order valence-corrected chi connectivity index (χ2v) is 9.88. The molecular weight excluding hydrogens is 425 g/mol. The highest BCUT2D eigenvalue weighted by atomic mass is 19.2. The van der Waals surface area contributed by atoms with E-state index in [-0.39, 0.29) is 29.3 Å². The Morgan fingerprint density at radius 3 is 2.06 bits per heavy atom. The molecule has 0 N–H and O–H groups in total. The maximum absolute atomic E-state index is 14.8. The van der Waals surface area contributed by atoms with Gasteiger partial charge < -0.3 is 9.47 Å². The normalized spacial score (nSPS) is 25.6. The molecule has 0 atom stereocenters. The van der Waals surface area contributed by atoms with Crippen LogP contribution in [0.3, 0.4) is 0 Å². The third-order valence-corrected chi connectivity index (χ3v) is 7.58. The van der Waals surface area contributed by atoms with Crippen molar-refractivity contribution in [2.75, 3.05) is 13.2 Å². The second-order valence-electron chi connectivity index (χ2n) is 9.88. The molecule has 2 aliphatic carbocycles. The summed E-state index contributed by atoms with van der Waals surface area (Å²) in [6, 6.07) is 8.41. The zero-order valence-electron chi connectivity index (χ0n) is 19.7. The van der Waals surface area contributed by atoms with Crippen molar-refractivity contribution in [2.45, 2.75) is 77.0 Å². The van der Waals surface area contributed by atoms with E-state index in [1.54, 1.807) is 12.1 Å². The lowest BCUT2D eigenvalue weighted by Crippen LogP contribution is -2.20. The van der Waals surface area contributed by atoms with Crippen molar-refractivity contribution in [3.63, 3.8) is 0 Å². The van der Waals surface area contributed by atoms with Crippen molar-refractivity contribution >= 4 is 0 Å². The molecule has 2 aliphatic rings. The van der Waals surface area contributed by atoms with Gasteiger partial charge in [0.2, 0.25) is 5.82 Å². The Morgan fingerprint density at radius 2 is 1.39 bits per heavy atom. The lowest BCUT2D eigenvalue weighted by Gasteiger charge is -2.29. The standard InChI is InChI=1S/C28H35F3O2/c1-3-32-22-12-13-23(25(29)16-22)20-10-6-19(7-11-20)17-33-26-15-14-24(27(30)28(26)31)21-8-4-18(2)5-9-21/h12-16,18-21H,3-11,17H2,1-2H3. The highest BCUT2D eigenvalue weighted by Gasteiger charge is 2.27. The van der Waals surface area contributed by atoms with Crippen LogP contribution in [0.1, 0.15) is 88.2 Å². The van der Waals surface area contributed by atoms with Gasteiger partial charge in [-0.1, -0.05) is 31.9 Å². The first-order valence-electron chi connectivity index (χ1n) is 12.5. The predicted octanol–water partition coefficient (Wildman–Crippen LogP) is 8.15. The van der Waals surface area contributed by atoms with Crippen LogP contribution in [0.4, 0.5) is 13.2 Å². The van der Waals surface area contributed by atoms with Crippen LogP contribution in [0.5, 0.6) is 11.5 Å². The number of rotatable bonds is 7. The number of hydrogen-bond donors (Lipinski definition) is 0. The van der Waals surface area contributed by atoms with Gasteiger partial charge in [-0.25, -0.2) is 8.78 Å². The Bertz CT molecular complexity index is 929.